The van der Waals surface area contributed by atoms with Crippen molar-refractivity contribution < 1.29 is 14.0 Å². The fourth-order valence-corrected chi connectivity index (χ4v) is 2.65. The van der Waals surface area contributed by atoms with E-state index in [1.54, 1.807) is 17.9 Å². The number of carbonyl (C=O) groups is 2. The second-order valence-electron chi connectivity index (χ2n) is 6.39. The Kier molecular flexibility index (Phi) is 8.58. The molecule has 0 aliphatic heterocycles. The molecule has 0 aliphatic carbocycles. The van der Waals surface area contributed by atoms with Gasteiger partial charge in [-0.15, -0.1) is 0 Å². The Morgan fingerprint density at radius 3 is 2.50 bits per heavy atom. The molecule has 2 amide bonds. The molecule has 5 heteroatoms. The van der Waals surface area contributed by atoms with Crippen molar-refractivity contribution in [3.63, 3.8) is 0 Å². The summed E-state index contributed by atoms with van der Waals surface area (Å²) in [5.41, 5.74) is 0.594. The highest BCUT2D eigenvalue weighted by Crippen LogP contribution is 2.18. The number of hydrogen-bond donors (Lipinski definition) is 1. The van der Waals surface area contributed by atoms with Gasteiger partial charge in [0.05, 0.1) is 5.56 Å². The van der Waals surface area contributed by atoms with Gasteiger partial charge in [-0.05, 0) is 39.7 Å². The summed E-state index contributed by atoms with van der Waals surface area (Å²) in [6, 6.07) is 1.86. The van der Waals surface area contributed by atoms with Crippen molar-refractivity contribution in [1.29, 1.82) is 0 Å². The lowest BCUT2D eigenvalue weighted by molar-refractivity contribution is -0.121. The lowest BCUT2D eigenvalue weighted by atomic mass is 10.1. The van der Waals surface area contributed by atoms with Gasteiger partial charge in [-0.2, -0.15) is 0 Å². The maximum Gasteiger partial charge on any atom is 0.257 e. The van der Waals surface area contributed by atoms with Crippen LogP contribution in [-0.4, -0.2) is 35.8 Å². The summed E-state index contributed by atoms with van der Waals surface area (Å²) in [7, 11) is 0. The van der Waals surface area contributed by atoms with Gasteiger partial charge in [-0.1, -0.05) is 26.7 Å². The van der Waals surface area contributed by atoms with Crippen LogP contribution in [0.25, 0.3) is 0 Å². The number of nitrogens with one attached hydrogen (secondary N) is 1. The van der Waals surface area contributed by atoms with Crippen molar-refractivity contribution in [2.75, 3.05) is 13.1 Å². The molecule has 1 heterocycles. The van der Waals surface area contributed by atoms with Crippen LogP contribution in [0.3, 0.4) is 0 Å². The molecule has 5 nitrogen and oxygen atoms in total. The standard InChI is InChI=1S/C19H32N2O3/c1-6-8-9-11-20-18(22)10-12-21(14(3)7-2)19(23)17-13-15(4)24-16(17)5/h13-14H,6-12H2,1-5H3,(H,20,22). The second kappa shape index (κ2) is 10.2. The van der Waals surface area contributed by atoms with Crippen LogP contribution in [0.1, 0.15) is 74.8 Å². The first-order chi connectivity index (χ1) is 11.4. The van der Waals surface area contributed by atoms with Gasteiger partial charge in [0.1, 0.15) is 11.5 Å². The third-order valence-electron chi connectivity index (χ3n) is 4.34. The molecule has 1 rings (SSSR count). The van der Waals surface area contributed by atoms with Crippen molar-refractivity contribution >= 4 is 11.8 Å². The lowest BCUT2D eigenvalue weighted by Crippen LogP contribution is -2.41. The Labute approximate surface area is 145 Å². The highest BCUT2D eigenvalue weighted by Gasteiger charge is 2.24. The molecule has 0 bridgehead atoms. The largest absolute Gasteiger partial charge is 0.466 e. The predicted octanol–water partition coefficient (Wildman–Crippen LogP) is 3.83. The summed E-state index contributed by atoms with van der Waals surface area (Å²) in [6.07, 6.45) is 4.44. The Hall–Kier alpha value is -1.78. The van der Waals surface area contributed by atoms with Crippen molar-refractivity contribution in [2.24, 2.45) is 0 Å². The Bertz CT molecular complexity index is 537. The number of carbonyl (C=O) groups excluding carboxylic acids is 2. The summed E-state index contributed by atoms with van der Waals surface area (Å²) < 4.78 is 5.47. The Morgan fingerprint density at radius 1 is 1.25 bits per heavy atom. The third-order valence-corrected chi connectivity index (χ3v) is 4.34. The smallest absolute Gasteiger partial charge is 0.257 e. The first-order valence-corrected chi connectivity index (χ1v) is 9.05. The van der Waals surface area contributed by atoms with Crippen LogP contribution < -0.4 is 5.32 Å². The zero-order valence-corrected chi connectivity index (χ0v) is 15.8. The fourth-order valence-electron chi connectivity index (χ4n) is 2.65. The number of aryl methyl sites for hydroxylation is 2. The molecule has 1 N–H and O–H groups in total. The van der Waals surface area contributed by atoms with Gasteiger partial charge in [0.15, 0.2) is 0 Å². The van der Waals surface area contributed by atoms with E-state index >= 15 is 0 Å². The second-order valence-corrected chi connectivity index (χ2v) is 6.39. The molecule has 24 heavy (non-hydrogen) atoms. The SMILES string of the molecule is CCCCCNC(=O)CCN(C(=O)c1cc(C)oc1C)C(C)CC. The quantitative estimate of drug-likeness (QED) is 0.660. The molecule has 0 radical (unpaired) electrons. The average molecular weight is 336 g/mol. The summed E-state index contributed by atoms with van der Waals surface area (Å²) in [5, 5.41) is 2.93. The molecule has 0 aromatic carbocycles. The molecule has 0 fully saturated rings. The van der Waals surface area contributed by atoms with E-state index < -0.39 is 0 Å². The van der Waals surface area contributed by atoms with Crippen LogP contribution in [0.4, 0.5) is 0 Å². The van der Waals surface area contributed by atoms with E-state index in [1.165, 1.54) is 0 Å². The number of hydrogen-bond acceptors (Lipinski definition) is 3. The number of amides is 2. The van der Waals surface area contributed by atoms with Crippen LogP contribution in [0.15, 0.2) is 10.5 Å². The number of rotatable bonds is 10. The first-order valence-electron chi connectivity index (χ1n) is 9.05. The minimum Gasteiger partial charge on any atom is -0.466 e. The van der Waals surface area contributed by atoms with E-state index in [0.717, 1.165) is 31.4 Å². The third kappa shape index (κ3) is 6.02. The summed E-state index contributed by atoms with van der Waals surface area (Å²) in [4.78, 5) is 26.6. The van der Waals surface area contributed by atoms with E-state index in [9.17, 15) is 9.59 Å². The fraction of sp³-hybridized carbons (Fsp3) is 0.684. The van der Waals surface area contributed by atoms with Crippen molar-refractivity contribution in [1.82, 2.24) is 10.2 Å². The molecule has 1 atom stereocenters. The van der Waals surface area contributed by atoms with Crippen molar-refractivity contribution in [2.45, 2.75) is 72.8 Å². The molecular weight excluding hydrogens is 304 g/mol. The molecule has 0 aliphatic rings. The maximum atomic E-state index is 12.8. The zero-order chi connectivity index (χ0) is 18.1. The predicted molar refractivity (Wildman–Crippen MR) is 96.1 cm³/mol. The molecule has 0 spiro atoms. The van der Waals surface area contributed by atoms with Crippen LogP contribution >= 0.6 is 0 Å². The van der Waals surface area contributed by atoms with Crippen molar-refractivity contribution in [3.8, 4) is 0 Å². The number of unbranched alkanes of at least 4 members (excludes halogenated alkanes) is 2. The summed E-state index contributed by atoms with van der Waals surface area (Å²) >= 11 is 0. The minimum absolute atomic E-state index is 0.00676. The van der Waals surface area contributed by atoms with E-state index in [-0.39, 0.29) is 17.9 Å². The molecular formula is C19H32N2O3. The lowest BCUT2D eigenvalue weighted by Gasteiger charge is -2.28. The van der Waals surface area contributed by atoms with Gasteiger partial charge in [0.25, 0.3) is 5.91 Å². The molecule has 1 unspecified atom stereocenters. The van der Waals surface area contributed by atoms with Crippen LogP contribution in [0.5, 0.6) is 0 Å². The topological polar surface area (TPSA) is 62.6 Å². The molecule has 0 saturated heterocycles. The van der Waals surface area contributed by atoms with Crippen molar-refractivity contribution in [3.05, 3.63) is 23.2 Å². The van der Waals surface area contributed by atoms with Crippen LogP contribution in [0, 0.1) is 13.8 Å². The van der Waals surface area contributed by atoms with Gasteiger partial charge in [0.2, 0.25) is 5.91 Å². The maximum absolute atomic E-state index is 12.8. The molecule has 0 saturated carbocycles. The normalized spacial score (nSPS) is 12.0. The van der Waals surface area contributed by atoms with Gasteiger partial charge >= 0.3 is 0 Å². The van der Waals surface area contributed by atoms with E-state index in [4.69, 9.17) is 4.42 Å². The van der Waals surface area contributed by atoms with E-state index in [0.29, 0.717) is 30.8 Å². The van der Waals surface area contributed by atoms with Crippen LogP contribution in [0.2, 0.25) is 0 Å². The summed E-state index contributed by atoms with van der Waals surface area (Å²) in [6.45, 7) is 11.0. The number of nitrogens with zero attached hydrogens (tertiary/aromatic N) is 1. The molecule has 1 aromatic rings. The Morgan fingerprint density at radius 2 is 1.96 bits per heavy atom. The number of furan rings is 1. The highest BCUT2D eigenvalue weighted by molar-refractivity contribution is 5.95. The van der Waals surface area contributed by atoms with Gasteiger partial charge < -0.3 is 14.6 Å². The first kappa shape index (κ1) is 20.3. The zero-order valence-electron chi connectivity index (χ0n) is 15.8. The van der Waals surface area contributed by atoms with Gasteiger partial charge in [-0.3, -0.25) is 9.59 Å². The monoisotopic (exact) mass is 336 g/mol. The average Bonchev–Trinajstić information content (AvgIpc) is 2.89. The molecule has 136 valence electrons. The summed E-state index contributed by atoms with van der Waals surface area (Å²) in [5.74, 6) is 1.31. The molecule has 1 aromatic heterocycles. The Balaban J connectivity index is 2.64. The highest BCUT2D eigenvalue weighted by atomic mass is 16.3. The van der Waals surface area contributed by atoms with E-state index in [2.05, 4.69) is 12.2 Å². The van der Waals surface area contributed by atoms with Crippen LogP contribution in [-0.2, 0) is 4.79 Å². The van der Waals surface area contributed by atoms with E-state index in [1.807, 2.05) is 20.8 Å². The minimum atomic E-state index is -0.0579. The van der Waals surface area contributed by atoms with Gasteiger partial charge in [0, 0.05) is 25.6 Å². The van der Waals surface area contributed by atoms with Gasteiger partial charge in [-0.25, -0.2) is 0 Å².